The zero-order chi connectivity index (χ0) is 14.4. The van der Waals surface area contributed by atoms with Crippen LogP contribution >= 0.6 is 31.9 Å². The number of carboxylic acids is 1. The number of hydrogen-bond donors (Lipinski definition) is 3. The first-order valence-electron chi connectivity index (χ1n) is 5.69. The number of halogens is 2. The predicted octanol–water partition coefficient (Wildman–Crippen LogP) is 3.59. The van der Waals surface area contributed by atoms with Gasteiger partial charge in [-0.2, -0.15) is 0 Å². The molecule has 104 valence electrons. The number of urea groups is 1. The van der Waals surface area contributed by atoms with E-state index in [1.165, 1.54) is 0 Å². The van der Waals surface area contributed by atoms with E-state index in [0.29, 0.717) is 23.0 Å². The van der Waals surface area contributed by atoms with Crippen molar-refractivity contribution in [2.24, 2.45) is 0 Å². The standard InChI is InChI=1S/C12H14Br2N2O3/c1-2-3-9(11(17)18)15-12(19)16-10-6-7(13)4-5-8(10)14/h4-6,9H,2-3H2,1H3,(H,17,18)(H2,15,16,19)/t9-/m1/s1. The third-order valence-electron chi connectivity index (χ3n) is 2.36. The lowest BCUT2D eigenvalue weighted by atomic mass is 10.2. The highest BCUT2D eigenvalue weighted by Gasteiger charge is 2.19. The number of carbonyl (C=O) groups excluding carboxylic acids is 1. The molecule has 1 rings (SSSR count). The fourth-order valence-electron chi connectivity index (χ4n) is 1.46. The molecule has 0 bridgehead atoms. The molecule has 5 nitrogen and oxygen atoms in total. The predicted molar refractivity (Wildman–Crippen MR) is 80.3 cm³/mol. The second kappa shape index (κ2) is 7.49. The summed E-state index contributed by atoms with van der Waals surface area (Å²) in [6.07, 6.45) is 1.07. The van der Waals surface area contributed by atoms with Crippen molar-refractivity contribution in [1.29, 1.82) is 0 Å². The fourth-order valence-corrected chi connectivity index (χ4v) is 2.16. The molecule has 3 N–H and O–H groups in total. The van der Waals surface area contributed by atoms with Crippen LogP contribution in [0.5, 0.6) is 0 Å². The number of carbonyl (C=O) groups is 2. The van der Waals surface area contributed by atoms with Gasteiger partial charge in [0.1, 0.15) is 6.04 Å². The number of hydrogen-bond acceptors (Lipinski definition) is 2. The van der Waals surface area contributed by atoms with Crippen LogP contribution < -0.4 is 10.6 Å². The molecule has 0 saturated heterocycles. The first-order chi connectivity index (χ1) is 8.93. The van der Waals surface area contributed by atoms with Crippen LogP contribution in [0.1, 0.15) is 19.8 Å². The minimum Gasteiger partial charge on any atom is -0.480 e. The minimum absolute atomic E-state index is 0.391. The highest BCUT2D eigenvalue weighted by atomic mass is 79.9. The summed E-state index contributed by atoms with van der Waals surface area (Å²) >= 11 is 6.60. The van der Waals surface area contributed by atoms with Crippen LogP contribution in [0.2, 0.25) is 0 Å². The molecule has 19 heavy (non-hydrogen) atoms. The molecule has 1 atom stereocenters. The number of carboxylic acid groups (broad SMARTS) is 1. The largest absolute Gasteiger partial charge is 0.480 e. The third-order valence-corrected chi connectivity index (χ3v) is 3.54. The summed E-state index contributed by atoms with van der Waals surface area (Å²) in [4.78, 5) is 22.7. The Kier molecular flexibility index (Phi) is 6.30. The Hall–Kier alpha value is -1.08. The molecule has 1 aromatic rings. The Labute approximate surface area is 128 Å². The number of rotatable bonds is 5. The van der Waals surface area contributed by atoms with Crippen LogP contribution in [0, 0.1) is 0 Å². The van der Waals surface area contributed by atoms with Gasteiger partial charge in [0.05, 0.1) is 5.69 Å². The maximum absolute atomic E-state index is 11.7. The Bertz CT molecular complexity index is 480. The van der Waals surface area contributed by atoms with E-state index < -0.39 is 18.0 Å². The molecule has 1 aromatic carbocycles. The first-order valence-corrected chi connectivity index (χ1v) is 7.28. The van der Waals surface area contributed by atoms with Crippen molar-refractivity contribution in [3.63, 3.8) is 0 Å². The zero-order valence-corrected chi connectivity index (χ0v) is 13.4. The summed E-state index contributed by atoms with van der Waals surface area (Å²) in [6, 6.07) is 3.90. The second-order valence-electron chi connectivity index (χ2n) is 3.90. The highest BCUT2D eigenvalue weighted by Crippen LogP contribution is 2.26. The lowest BCUT2D eigenvalue weighted by Crippen LogP contribution is -2.42. The molecule has 0 saturated carbocycles. The summed E-state index contributed by atoms with van der Waals surface area (Å²) in [7, 11) is 0. The van der Waals surface area contributed by atoms with Crippen molar-refractivity contribution in [1.82, 2.24) is 5.32 Å². The van der Waals surface area contributed by atoms with Crippen LogP contribution in [0.4, 0.5) is 10.5 Å². The van der Waals surface area contributed by atoms with Gasteiger partial charge in [-0.3, -0.25) is 0 Å². The summed E-state index contributed by atoms with van der Waals surface area (Å²) in [6.45, 7) is 1.86. The van der Waals surface area contributed by atoms with Crippen molar-refractivity contribution < 1.29 is 14.7 Å². The lowest BCUT2D eigenvalue weighted by Gasteiger charge is -2.15. The number of benzene rings is 1. The van der Waals surface area contributed by atoms with E-state index in [1.54, 1.807) is 12.1 Å². The van der Waals surface area contributed by atoms with Crippen molar-refractivity contribution in [2.45, 2.75) is 25.8 Å². The van der Waals surface area contributed by atoms with Crippen LogP contribution in [0.25, 0.3) is 0 Å². The molecular weight excluding hydrogens is 380 g/mol. The van der Waals surface area contributed by atoms with Crippen LogP contribution in [0.3, 0.4) is 0 Å². The van der Waals surface area contributed by atoms with Gasteiger partial charge in [0, 0.05) is 8.95 Å². The van der Waals surface area contributed by atoms with Crippen molar-refractivity contribution in [3.05, 3.63) is 27.1 Å². The summed E-state index contributed by atoms with van der Waals surface area (Å²) in [5.41, 5.74) is 0.563. The third kappa shape index (κ3) is 5.20. The van der Waals surface area contributed by atoms with Crippen LogP contribution in [-0.2, 0) is 4.79 Å². The van der Waals surface area contributed by atoms with Gasteiger partial charge in [0.15, 0.2) is 0 Å². The summed E-state index contributed by atoms with van der Waals surface area (Å²) in [5.74, 6) is -1.04. The molecule has 0 aliphatic heterocycles. The van der Waals surface area contributed by atoms with E-state index in [0.717, 1.165) is 4.47 Å². The summed E-state index contributed by atoms with van der Waals surface area (Å²) < 4.78 is 1.53. The molecular formula is C12H14Br2N2O3. The second-order valence-corrected chi connectivity index (χ2v) is 5.67. The molecule has 2 amide bonds. The number of nitrogens with one attached hydrogen (secondary N) is 2. The molecule has 0 fully saturated rings. The summed E-state index contributed by atoms with van der Waals surface area (Å²) in [5, 5.41) is 14.0. The maximum Gasteiger partial charge on any atom is 0.326 e. The minimum atomic E-state index is -1.04. The van der Waals surface area contributed by atoms with Crippen LogP contribution in [-0.4, -0.2) is 23.1 Å². The van der Waals surface area contributed by atoms with E-state index in [9.17, 15) is 9.59 Å². The molecule has 0 aromatic heterocycles. The van der Waals surface area contributed by atoms with Gasteiger partial charge in [-0.05, 0) is 40.5 Å². The lowest BCUT2D eigenvalue weighted by molar-refractivity contribution is -0.139. The van der Waals surface area contributed by atoms with E-state index in [-0.39, 0.29) is 0 Å². The zero-order valence-electron chi connectivity index (χ0n) is 10.2. The number of aliphatic carboxylic acids is 1. The average Bonchev–Trinajstić information content (AvgIpc) is 2.33. The van der Waals surface area contributed by atoms with Crippen molar-refractivity contribution >= 4 is 49.5 Å². The SMILES string of the molecule is CCC[C@@H](NC(=O)Nc1cc(Br)ccc1Br)C(=O)O. The molecule has 0 unspecified atom stereocenters. The van der Waals surface area contributed by atoms with Gasteiger partial charge >= 0.3 is 12.0 Å². The average molecular weight is 394 g/mol. The quantitative estimate of drug-likeness (QED) is 0.715. The van der Waals surface area contributed by atoms with Crippen molar-refractivity contribution in [3.8, 4) is 0 Å². The van der Waals surface area contributed by atoms with E-state index >= 15 is 0 Å². The maximum atomic E-state index is 11.7. The molecule has 0 aliphatic rings. The van der Waals surface area contributed by atoms with Gasteiger partial charge in [-0.25, -0.2) is 9.59 Å². The Balaban J connectivity index is 2.68. The van der Waals surface area contributed by atoms with Crippen molar-refractivity contribution in [2.75, 3.05) is 5.32 Å². The Morgan fingerprint density at radius 1 is 1.37 bits per heavy atom. The Morgan fingerprint density at radius 3 is 2.63 bits per heavy atom. The van der Waals surface area contributed by atoms with E-state index in [1.807, 2.05) is 13.0 Å². The monoisotopic (exact) mass is 392 g/mol. The number of amides is 2. The highest BCUT2D eigenvalue weighted by molar-refractivity contribution is 9.11. The van der Waals surface area contributed by atoms with Gasteiger partial charge in [0.25, 0.3) is 0 Å². The topological polar surface area (TPSA) is 78.4 Å². The number of anilines is 1. The van der Waals surface area contributed by atoms with Gasteiger partial charge in [-0.1, -0.05) is 29.3 Å². The van der Waals surface area contributed by atoms with Gasteiger partial charge in [-0.15, -0.1) is 0 Å². The smallest absolute Gasteiger partial charge is 0.326 e. The fraction of sp³-hybridized carbons (Fsp3) is 0.333. The van der Waals surface area contributed by atoms with Gasteiger partial charge < -0.3 is 15.7 Å². The molecule has 0 spiro atoms. The molecule has 0 aliphatic carbocycles. The molecule has 0 heterocycles. The van der Waals surface area contributed by atoms with E-state index in [2.05, 4.69) is 42.5 Å². The first kappa shape index (κ1) is 16.0. The van der Waals surface area contributed by atoms with Crippen LogP contribution in [0.15, 0.2) is 27.1 Å². The molecule has 7 heteroatoms. The normalized spacial score (nSPS) is 11.7. The Morgan fingerprint density at radius 2 is 2.05 bits per heavy atom. The molecule has 0 radical (unpaired) electrons. The van der Waals surface area contributed by atoms with E-state index in [4.69, 9.17) is 5.11 Å². The van der Waals surface area contributed by atoms with Gasteiger partial charge in [0.2, 0.25) is 0 Å².